The van der Waals surface area contributed by atoms with Gasteiger partial charge in [0.25, 0.3) is 5.91 Å². The van der Waals surface area contributed by atoms with E-state index < -0.39 is 23.2 Å². The molecule has 0 spiro atoms. The number of nitrogens with zero attached hydrogens (tertiary/aromatic N) is 2. The first-order valence-corrected chi connectivity index (χ1v) is 16.5. The Morgan fingerprint density at radius 1 is 1.00 bits per heavy atom. The van der Waals surface area contributed by atoms with Crippen LogP contribution in [0.1, 0.15) is 48.8 Å². The van der Waals surface area contributed by atoms with Crippen molar-refractivity contribution in [1.29, 1.82) is 0 Å². The molecule has 1 saturated carbocycles. The zero-order valence-corrected chi connectivity index (χ0v) is 26.7. The Morgan fingerprint density at radius 2 is 1.74 bits per heavy atom. The number of carbonyl (C=O) groups excluding carboxylic acids is 2. The Hall–Kier alpha value is -3.86. The number of fused-ring (bicyclic) bond motifs is 2. The van der Waals surface area contributed by atoms with E-state index in [1.54, 1.807) is 0 Å². The zero-order chi connectivity index (χ0) is 33.1. The van der Waals surface area contributed by atoms with E-state index in [4.69, 9.17) is 22.1 Å². The number of benzene rings is 3. The van der Waals surface area contributed by atoms with Crippen LogP contribution >= 0.6 is 11.6 Å². The van der Waals surface area contributed by atoms with E-state index in [1.807, 2.05) is 58.3 Å². The Kier molecular flexibility index (Phi) is 10.2. The van der Waals surface area contributed by atoms with E-state index in [-0.39, 0.29) is 49.5 Å². The fourth-order valence-corrected chi connectivity index (χ4v) is 6.73. The summed E-state index contributed by atoms with van der Waals surface area (Å²) < 4.78 is 46.5. The van der Waals surface area contributed by atoms with Crippen LogP contribution in [0.3, 0.4) is 0 Å². The average molecular weight is 667 g/mol. The lowest BCUT2D eigenvalue weighted by Gasteiger charge is -2.45. The maximum Gasteiger partial charge on any atom is 0.252 e. The van der Waals surface area contributed by atoms with Crippen molar-refractivity contribution in [1.82, 2.24) is 15.1 Å². The number of rotatable bonds is 12. The first kappa shape index (κ1) is 33.1. The van der Waals surface area contributed by atoms with Gasteiger partial charge < -0.3 is 25.6 Å². The van der Waals surface area contributed by atoms with Crippen molar-refractivity contribution in [2.45, 2.75) is 63.2 Å². The SMILES string of the molecule is NCCC(=O)N1CC2CC(c3ccc(CCCOc4c(F)ccc(F)c4F)cc3)=C(C(=O)N(Cc3ccccc3Cl)C3CC3)C(C1)N2. The number of hydrogen-bond donors (Lipinski definition) is 2. The van der Waals surface area contributed by atoms with E-state index >= 15 is 0 Å². The molecule has 1 aliphatic carbocycles. The van der Waals surface area contributed by atoms with Crippen LogP contribution in [-0.4, -0.2) is 66.0 Å². The van der Waals surface area contributed by atoms with E-state index in [0.717, 1.165) is 47.2 Å². The molecule has 3 aliphatic rings. The molecule has 3 aromatic carbocycles. The van der Waals surface area contributed by atoms with Gasteiger partial charge in [-0.1, -0.05) is 54.1 Å². The standard InChI is InChI=1S/C36H38ClF3N4O3/c37-28-6-2-1-5-24(28)19-44(26-11-12-26)36(46)33-27(18-25-20-43(21-31(33)42-25)32(45)15-16-41)23-9-7-22(8-10-23)4-3-17-47-35-30(39)14-13-29(38)34(35)40/h1-2,5-10,13-14,25-26,31,42H,3-4,11-12,15-21,41H2. The van der Waals surface area contributed by atoms with Gasteiger partial charge in [0.15, 0.2) is 17.4 Å². The highest BCUT2D eigenvalue weighted by Gasteiger charge is 2.43. The molecule has 1 saturated heterocycles. The topological polar surface area (TPSA) is 87.9 Å². The Balaban J connectivity index is 1.24. The first-order chi connectivity index (χ1) is 22.7. The highest BCUT2D eigenvalue weighted by molar-refractivity contribution is 6.31. The quantitative estimate of drug-likeness (QED) is 0.193. The number of carbonyl (C=O) groups is 2. The third-order valence-corrected chi connectivity index (χ3v) is 9.42. The summed E-state index contributed by atoms with van der Waals surface area (Å²) in [6.45, 7) is 1.61. The molecule has 248 valence electrons. The van der Waals surface area contributed by atoms with Gasteiger partial charge in [-0.3, -0.25) is 9.59 Å². The molecule has 2 unspecified atom stereocenters. The Morgan fingerprint density at radius 3 is 2.47 bits per heavy atom. The molecule has 2 bridgehead atoms. The van der Waals surface area contributed by atoms with Crippen molar-refractivity contribution in [2.24, 2.45) is 5.73 Å². The van der Waals surface area contributed by atoms with Crippen molar-refractivity contribution in [3.8, 4) is 5.75 Å². The van der Waals surface area contributed by atoms with E-state index in [1.165, 1.54) is 0 Å². The second-order valence-corrected chi connectivity index (χ2v) is 12.8. The van der Waals surface area contributed by atoms with Crippen LogP contribution in [-0.2, 0) is 22.6 Å². The summed E-state index contributed by atoms with van der Waals surface area (Å²) in [4.78, 5) is 31.2. The molecule has 2 heterocycles. The first-order valence-electron chi connectivity index (χ1n) is 16.1. The smallest absolute Gasteiger partial charge is 0.252 e. The molecule has 6 rings (SSSR count). The monoisotopic (exact) mass is 666 g/mol. The van der Waals surface area contributed by atoms with Gasteiger partial charge in [-0.05, 0) is 72.6 Å². The molecule has 2 amide bonds. The number of ether oxygens (including phenoxy) is 1. The summed E-state index contributed by atoms with van der Waals surface area (Å²) in [5.41, 5.74) is 10.1. The number of halogens is 4. The van der Waals surface area contributed by atoms with Crippen LogP contribution in [0.4, 0.5) is 13.2 Å². The minimum atomic E-state index is -1.33. The lowest BCUT2D eigenvalue weighted by Crippen LogP contribution is -2.62. The largest absolute Gasteiger partial charge is 0.488 e. The minimum absolute atomic E-state index is 0.00873. The second kappa shape index (κ2) is 14.5. The third-order valence-electron chi connectivity index (χ3n) is 9.05. The van der Waals surface area contributed by atoms with Gasteiger partial charge in [0.1, 0.15) is 0 Å². The molecule has 47 heavy (non-hydrogen) atoms. The maximum atomic E-state index is 14.6. The highest BCUT2D eigenvalue weighted by Crippen LogP contribution is 2.38. The lowest BCUT2D eigenvalue weighted by atomic mass is 9.82. The summed E-state index contributed by atoms with van der Waals surface area (Å²) in [6.07, 6.45) is 3.72. The lowest BCUT2D eigenvalue weighted by molar-refractivity contribution is -0.134. The summed E-state index contributed by atoms with van der Waals surface area (Å²) in [7, 11) is 0. The molecule has 0 aromatic heterocycles. The Labute approximate surface area is 277 Å². The van der Waals surface area contributed by atoms with Gasteiger partial charge in [0.05, 0.1) is 12.6 Å². The summed E-state index contributed by atoms with van der Waals surface area (Å²) >= 11 is 6.51. The molecule has 0 radical (unpaired) electrons. The minimum Gasteiger partial charge on any atom is -0.488 e. The van der Waals surface area contributed by atoms with Crippen LogP contribution in [0.25, 0.3) is 5.57 Å². The summed E-state index contributed by atoms with van der Waals surface area (Å²) in [6, 6.07) is 16.9. The molecule has 7 nitrogen and oxygen atoms in total. The summed E-state index contributed by atoms with van der Waals surface area (Å²) in [5.74, 6) is -4.21. The molecule has 2 aliphatic heterocycles. The predicted octanol–water partition coefficient (Wildman–Crippen LogP) is 5.64. The maximum absolute atomic E-state index is 14.6. The van der Waals surface area contributed by atoms with Crippen molar-refractivity contribution in [3.05, 3.63) is 105 Å². The third kappa shape index (κ3) is 7.50. The predicted molar refractivity (Wildman–Crippen MR) is 174 cm³/mol. The van der Waals surface area contributed by atoms with Crippen molar-refractivity contribution in [3.63, 3.8) is 0 Å². The molecular weight excluding hydrogens is 629 g/mol. The van der Waals surface area contributed by atoms with Crippen LogP contribution in [0.5, 0.6) is 5.75 Å². The van der Waals surface area contributed by atoms with Crippen LogP contribution in [0.2, 0.25) is 5.02 Å². The zero-order valence-electron chi connectivity index (χ0n) is 26.0. The number of amides is 2. The van der Waals surface area contributed by atoms with E-state index in [0.29, 0.717) is 49.5 Å². The van der Waals surface area contributed by atoms with Gasteiger partial charge in [0, 0.05) is 55.3 Å². The molecule has 3 aromatic rings. The molecular formula is C36H38ClF3N4O3. The molecule has 2 fully saturated rings. The molecule has 11 heteroatoms. The van der Waals surface area contributed by atoms with Crippen molar-refractivity contribution >= 4 is 29.0 Å². The van der Waals surface area contributed by atoms with Crippen LogP contribution in [0, 0.1) is 17.5 Å². The fourth-order valence-electron chi connectivity index (χ4n) is 6.53. The number of aryl methyl sites for hydroxylation is 1. The van der Waals surface area contributed by atoms with Gasteiger partial charge in [-0.15, -0.1) is 0 Å². The van der Waals surface area contributed by atoms with Crippen molar-refractivity contribution in [2.75, 3.05) is 26.2 Å². The number of hydrogen-bond acceptors (Lipinski definition) is 5. The van der Waals surface area contributed by atoms with Gasteiger partial charge in [0.2, 0.25) is 11.7 Å². The molecule has 3 N–H and O–H groups in total. The number of piperazine rings is 1. The Bertz CT molecular complexity index is 1660. The fraction of sp³-hybridized carbons (Fsp3) is 0.389. The average Bonchev–Trinajstić information content (AvgIpc) is 3.91. The van der Waals surface area contributed by atoms with Crippen LogP contribution in [0.15, 0.2) is 66.2 Å². The van der Waals surface area contributed by atoms with Crippen molar-refractivity contribution < 1.29 is 27.5 Å². The van der Waals surface area contributed by atoms with E-state index in [2.05, 4.69) is 5.32 Å². The normalized spacial score (nSPS) is 19.1. The summed E-state index contributed by atoms with van der Waals surface area (Å²) in [5, 5.41) is 4.24. The van der Waals surface area contributed by atoms with E-state index in [9.17, 15) is 22.8 Å². The van der Waals surface area contributed by atoms with Crippen LogP contribution < -0.4 is 15.8 Å². The van der Waals surface area contributed by atoms with Gasteiger partial charge in [-0.25, -0.2) is 8.78 Å². The second-order valence-electron chi connectivity index (χ2n) is 12.4. The highest BCUT2D eigenvalue weighted by atomic mass is 35.5. The molecule has 2 atom stereocenters. The number of nitrogens with one attached hydrogen (secondary N) is 1. The van der Waals surface area contributed by atoms with Gasteiger partial charge >= 0.3 is 0 Å². The number of nitrogens with two attached hydrogens (primary N) is 1. The van der Waals surface area contributed by atoms with Gasteiger partial charge in [-0.2, -0.15) is 4.39 Å².